The van der Waals surface area contributed by atoms with E-state index in [2.05, 4.69) is 51.8 Å². The molecule has 2 rings (SSSR count). The molecule has 0 amide bonds. The molecule has 1 unspecified atom stereocenters. The third kappa shape index (κ3) is 2.60. The lowest BCUT2D eigenvalue weighted by Crippen LogP contribution is -2.51. The van der Waals surface area contributed by atoms with Crippen molar-refractivity contribution in [2.45, 2.75) is 54.0 Å². The Balaban J connectivity index is 1.84. The van der Waals surface area contributed by atoms with Gasteiger partial charge in [-0.15, -0.1) is 0 Å². The van der Waals surface area contributed by atoms with Crippen LogP contribution in [0.2, 0.25) is 0 Å². The van der Waals surface area contributed by atoms with Crippen molar-refractivity contribution in [1.29, 1.82) is 0 Å². The highest BCUT2D eigenvalue weighted by atomic mass is 15.2. The average molecular weight is 252 g/mol. The molecule has 2 heteroatoms. The summed E-state index contributed by atoms with van der Waals surface area (Å²) < 4.78 is 0. The third-order valence-corrected chi connectivity index (χ3v) is 5.86. The zero-order valence-electron chi connectivity index (χ0n) is 13.2. The predicted molar refractivity (Wildman–Crippen MR) is 78.7 cm³/mol. The first kappa shape index (κ1) is 14.3. The molecule has 2 nitrogen and oxygen atoms in total. The predicted octanol–water partition coefficient (Wildman–Crippen LogP) is 2.99. The van der Waals surface area contributed by atoms with Crippen LogP contribution in [-0.2, 0) is 0 Å². The fraction of sp³-hybridized carbons (Fsp3) is 1.00. The maximum atomic E-state index is 3.67. The van der Waals surface area contributed by atoms with Crippen molar-refractivity contribution in [2.24, 2.45) is 22.7 Å². The van der Waals surface area contributed by atoms with Crippen LogP contribution in [0.25, 0.3) is 0 Å². The minimum absolute atomic E-state index is 0.533. The first-order chi connectivity index (χ1) is 8.25. The van der Waals surface area contributed by atoms with Crippen LogP contribution >= 0.6 is 0 Å². The van der Waals surface area contributed by atoms with Crippen LogP contribution in [0.4, 0.5) is 0 Å². The van der Waals surface area contributed by atoms with Crippen LogP contribution in [-0.4, -0.2) is 37.1 Å². The molecule has 1 aliphatic heterocycles. The fourth-order valence-corrected chi connectivity index (χ4v) is 3.83. The summed E-state index contributed by atoms with van der Waals surface area (Å²) in [4.78, 5) is 2.70. The van der Waals surface area contributed by atoms with Gasteiger partial charge in [-0.2, -0.15) is 0 Å². The van der Waals surface area contributed by atoms with Gasteiger partial charge < -0.3 is 10.2 Å². The number of nitrogens with zero attached hydrogens (tertiary/aromatic N) is 1. The van der Waals surface area contributed by atoms with Crippen LogP contribution in [0.3, 0.4) is 0 Å². The molecular weight excluding hydrogens is 220 g/mol. The maximum absolute atomic E-state index is 3.67. The number of piperazine rings is 1. The van der Waals surface area contributed by atoms with Gasteiger partial charge in [-0.05, 0) is 29.1 Å². The lowest BCUT2D eigenvalue weighted by Gasteiger charge is -2.35. The highest BCUT2D eigenvalue weighted by Crippen LogP contribution is 2.68. The van der Waals surface area contributed by atoms with Gasteiger partial charge in [0.15, 0.2) is 0 Å². The molecular formula is C16H32N2. The van der Waals surface area contributed by atoms with E-state index in [9.17, 15) is 0 Å². The molecule has 0 aromatic carbocycles. The van der Waals surface area contributed by atoms with E-state index in [0.717, 1.165) is 11.8 Å². The van der Waals surface area contributed by atoms with Crippen LogP contribution in [0.1, 0.15) is 48.0 Å². The molecule has 1 saturated heterocycles. The van der Waals surface area contributed by atoms with Crippen molar-refractivity contribution in [3.8, 4) is 0 Å². The van der Waals surface area contributed by atoms with Crippen LogP contribution in [0.5, 0.6) is 0 Å². The molecule has 0 aromatic rings. The van der Waals surface area contributed by atoms with Gasteiger partial charge in [0.1, 0.15) is 0 Å². The molecule has 106 valence electrons. The Hall–Kier alpha value is -0.0800. The Morgan fingerprint density at radius 2 is 1.78 bits per heavy atom. The van der Waals surface area contributed by atoms with Crippen molar-refractivity contribution in [1.82, 2.24) is 10.2 Å². The summed E-state index contributed by atoms with van der Waals surface area (Å²) in [5.74, 6) is 1.68. The zero-order valence-corrected chi connectivity index (χ0v) is 13.2. The maximum Gasteiger partial charge on any atom is 0.0198 e. The van der Waals surface area contributed by atoms with Crippen molar-refractivity contribution >= 4 is 0 Å². The highest BCUT2D eigenvalue weighted by molar-refractivity contribution is 5.13. The number of rotatable bonds is 4. The second-order valence-electron chi connectivity index (χ2n) is 8.04. The minimum atomic E-state index is 0.533. The first-order valence-electron chi connectivity index (χ1n) is 7.71. The van der Waals surface area contributed by atoms with Gasteiger partial charge in [0.2, 0.25) is 0 Å². The lowest BCUT2D eigenvalue weighted by molar-refractivity contribution is 0.171. The third-order valence-electron chi connectivity index (χ3n) is 5.86. The molecule has 1 N–H and O–H groups in total. The molecule has 0 spiro atoms. The normalized spacial score (nSPS) is 31.8. The smallest absolute Gasteiger partial charge is 0.0198 e. The van der Waals surface area contributed by atoms with Crippen molar-refractivity contribution in [3.63, 3.8) is 0 Å². The van der Waals surface area contributed by atoms with E-state index in [0.29, 0.717) is 16.9 Å². The zero-order chi connectivity index (χ0) is 13.6. The molecule has 0 bridgehead atoms. The summed E-state index contributed by atoms with van der Waals surface area (Å²) in [5, 5.41) is 3.67. The van der Waals surface area contributed by atoms with E-state index < -0.39 is 0 Å². The summed E-state index contributed by atoms with van der Waals surface area (Å²) in [5.41, 5.74) is 1.07. The standard InChI is InChI=1S/C16H32N2/c1-12(2)9-13-10-18(8-7-17-13)11-14-15(3,4)16(14,5)6/h12-14,17H,7-11H2,1-6H3. The Morgan fingerprint density at radius 1 is 1.17 bits per heavy atom. The average Bonchev–Trinajstić information content (AvgIpc) is 2.60. The van der Waals surface area contributed by atoms with Gasteiger partial charge in [-0.25, -0.2) is 0 Å². The van der Waals surface area contributed by atoms with Gasteiger partial charge in [0.05, 0.1) is 0 Å². The second kappa shape index (κ2) is 4.79. The van der Waals surface area contributed by atoms with E-state index >= 15 is 0 Å². The molecule has 0 radical (unpaired) electrons. The Kier molecular flexibility index (Phi) is 3.81. The Labute approximate surface area is 114 Å². The molecule has 1 saturated carbocycles. The van der Waals surface area contributed by atoms with E-state index in [4.69, 9.17) is 0 Å². The SMILES string of the molecule is CC(C)CC1CN(CC2C(C)(C)C2(C)C)CCN1. The largest absolute Gasteiger partial charge is 0.311 e. The first-order valence-corrected chi connectivity index (χ1v) is 7.71. The quantitative estimate of drug-likeness (QED) is 0.827. The second-order valence-corrected chi connectivity index (χ2v) is 8.04. The monoisotopic (exact) mass is 252 g/mol. The van der Waals surface area contributed by atoms with Gasteiger partial charge in [-0.1, -0.05) is 41.5 Å². The number of hydrogen-bond donors (Lipinski definition) is 1. The van der Waals surface area contributed by atoms with Crippen molar-refractivity contribution in [3.05, 3.63) is 0 Å². The number of nitrogens with one attached hydrogen (secondary N) is 1. The Bertz CT molecular complexity index is 279. The van der Waals surface area contributed by atoms with E-state index in [1.54, 1.807) is 0 Å². The fourth-order valence-electron chi connectivity index (χ4n) is 3.83. The van der Waals surface area contributed by atoms with Gasteiger partial charge in [0, 0.05) is 32.2 Å². The summed E-state index contributed by atoms with van der Waals surface area (Å²) in [6.45, 7) is 19.4. The van der Waals surface area contributed by atoms with Crippen LogP contribution in [0, 0.1) is 22.7 Å². The summed E-state index contributed by atoms with van der Waals surface area (Å²) in [7, 11) is 0. The van der Waals surface area contributed by atoms with E-state index in [1.165, 1.54) is 32.6 Å². The summed E-state index contributed by atoms with van der Waals surface area (Å²) in [6, 6.07) is 0.712. The van der Waals surface area contributed by atoms with Gasteiger partial charge >= 0.3 is 0 Å². The molecule has 2 fully saturated rings. The highest BCUT2D eigenvalue weighted by Gasteiger charge is 2.64. The lowest BCUT2D eigenvalue weighted by atomic mass is 10.0. The molecule has 18 heavy (non-hydrogen) atoms. The molecule has 1 heterocycles. The minimum Gasteiger partial charge on any atom is -0.311 e. The van der Waals surface area contributed by atoms with Crippen LogP contribution < -0.4 is 5.32 Å². The Morgan fingerprint density at radius 3 is 2.28 bits per heavy atom. The number of hydrogen-bond acceptors (Lipinski definition) is 2. The topological polar surface area (TPSA) is 15.3 Å². The van der Waals surface area contributed by atoms with E-state index in [-0.39, 0.29) is 0 Å². The molecule has 2 aliphatic rings. The van der Waals surface area contributed by atoms with Crippen molar-refractivity contribution in [2.75, 3.05) is 26.2 Å². The molecule has 0 aromatic heterocycles. The van der Waals surface area contributed by atoms with Crippen LogP contribution in [0.15, 0.2) is 0 Å². The molecule has 1 atom stereocenters. The summed E-state index contributed by atoms with van der Waals surface area (Å²) >= 11 is 0. The van der Waals surface area contributed by atoms with E-state index in [1.807, 2.05) is 0 Å². The van der Waals surface area contributed by atoms with Gasteiger partial charge in [0.25, 0.3) is 0 Å². The van der Waals surface area contributed by atoms with Crippen molar-refractivity contribution < 1.29 is 0 Å². The van der Waals surface area contributed by atoms with Gasteiger partial charge in [-0.3, -0.25) is 0 Å². The molecule has 1 aliphatic carbocycles. The summed E-state index contributed by atoms with van der Waals surface area (Å²) in [6.07, 6.45) is 1.31.